The second kappa shape index (κ2) is 10.6. The molecular weight excluding hydrogens is 505 g/mol. The summed E-state index contributed by atoms with van der Waals surface area (Å²) in [6.45, 7) is 2.01. The standard InChI is InChI=1S/C24H21BrFN5OS/c1-16(27-19-12-10-17(25)11-13-19)23-29-30-24(31(23)21-8-3-2-4-9-21)33-15-22(32)28-20-7-5-6-18(26)14-20/h2-14,16,27H,15H2,1H3,(H,28,32). The summed E-state index contributed by atoms with van der Waals surface area (Å²) in [6.07, 6.45) is 0. The van der Waals surface area contributed by atoms with Crippen LogP contribution in [0.15, 0.2) is 88.5 Å². The zero-order chi connectivity index (χ0) is 23.2. The van der Waals surface area contributed by atoms with Crippen molar-refractivity contribution in [2.24, 2.45) is 0 Å². The van der Waals surface area contributed by atoms with Crippen LogP contribution in [0.2, 0.25) is 0 Å². The summed E-state index contributed by atoms with van der Waals surface area (Å²) in [5.41, 5.74) is 2.27. The van der Waals surface area contributed by atoms with E-state index in [1.807, 2.05) is 66.1 Å². The monoisotopic (exact) mass is 525 g/mol. The minimum absolute atomic E-state index is 0.107. The number of para-hydroxylation sites is 1. The van der Waals surface area contributed by atoms with Crippen molar-refractivity contribution in [1.29, 1.82) is 0 Å². The van der Waals surface area contributed by atoms with Gasteiger partial charge in [-0.15, -0.1) is 10.2 Å². The van der Waals surface area contributed by atoms with Crippen molar-refractivity contribution in [3.05, 3.63) is 95.0 Å². The minimum Gasteiger partial charge on any atom is -0.375 e. The summed E-state index contributed by atoms with van der Waals surface area (Å²) >= 11 is 4.72. The lowest BCUT2D eigenvalue weighted by molar-refractivity contribution is -0.113. The number of anilines is 2. The number of nitrogens with one attached hydrogen (secondary N) is 2. The topological polar surface area (TPSA) is 71.8 Å². The average Bonchev–Trinajstić information content (AvgIpc) is 3.24. The quantitative estimate of drug-likeness (QED) is 0.273. The molecule has 0 saturated heterocycles. The first-order valence-corrected chi connectivity index (χ1v) is 12.0. The van der Waals surface area contributed by atoms with Crippen molar-refractivity contribution in [3.8, 4) is 5.69 Å². The van der Waals surface area contributed by atoms with Gasteiger partial charge in [-0.3, -0.25) is 9.36 Å². The second-order valence-electron chi connectivity index (χ2n) is 7.23. The van der Waals surface area contributed by atoms with E-state index in [1.165, 1.54) is 23.9 Å². The molecule has 0 aliphatic heterocycles. The van der Waals surface area contributed by atoms with Crippen LogP contribution in [-0.4, -0.2) is 26.4 Å². The molecule has 4 rings (SSSR count). The number of nitrogens with zero attached hydrogens (tertiary/aromatic N) is 3. The van der Waals surface area contributed by atoms with Gasteiger partial charge in [0, 0.05) is 21.5 Å². The van der Waals surface area contributed by atoms with E-state index in [-0.39, 0.29) is 17.7 Å². The Kier molecular flexibility index (Phi) is 7.41. The second-order valence-corrected chi connectivity index (χ2v) is 9.09. The zero-order valence-electron chi connectivity index (χ0n) is 17.7. The molecule has 0 aliphatic rings. The highest BCUT2D eigenvalue weighted by Gasteiger charge is 2.20. The number of amides is 1. The van der Waals surface area contributed by atoms with Crippen molar-refractivity contribution < 1.29 is 9.18 Å². The third kappa shape index (κ3) is 6.00. The van der Waals surface area contributed by atoms with Crippen LogP contribution in [0.4, 0.5) is 15.8 Å². The molecule has 1 unspecified atom stereocenters. The number of carbonyl (C=O) groups excluding carboxylic acids is 1. The predicted octanol–water partition coefficient (Wildman–Crippen LogP) is 6.07. The van der Waals surface area contributed by atoms with Gasteiger partial charge >= 0.3 is 0 Å². The van der Waals surface area contributed by atoms with E-state index >= 15 is 0 Å². The van der Waals surface area contributed by atoms with Gasteiger partial charge < -0.3 is 10.6 Å². The van der Waals surface area contributed by atoms with Crippen molar-refractivity contribution >= 4 is 45.0 Å². The van der Waals surface area contributed by atoms with Gasteiger partial charge in [-0.1, -0.05) is 52.0 Å². The number of thioether (sulfide) groups is 1. The zero-order valence-corrected chi connectivity index (χ0v) is 20.1. The Labute approximate surface area is 203 Å². The fraction of sp³-hybridized carbons (Fsp3) is 0.125. The molecule has 1 heterocycles. The molecule has 4 aromatic rings. The van der Waals surface area contributed by atoms with Crippen LogP contribution in [0.25, 0.3) is 5.69 Å². The van der Waals surface area contributed by atoms with E-state index < -0.39 is 5.82 Å². The van der Waals surface area contributed by atoms with Gasteiger partial charge in [-0.25, -0.2) is 4.39 Å². The summed E-state index contributed by atoms with van der Waals surface area (Å²) in [7, 11) is 0. The first kappa shape index (κ1) is 23.0. The Morgan fingerprint density at radius 1 is 1.03 bits per heavy atom. The van der Waals surface area contributed by atoms with E-state index in [0.29, 0.717) is 10.8 Å². The Bertz CT molecular complexity index is 1230. The maximum Gasteiger partial charge on any atom is 0.234 e. The Morgan fingerprint density at radius 2 is 1.79 bits per heavy atom. The summed E-state index contributed by atoms with van der Waals surface area (Å²) in [6, 6.07) is 23.3. The third-order valence-corrected chi connectivity index (χ3v) is 6.19. The lowest BCUT2D eigenvalue weighted by Gasteiger charge is -2.17. The van der Waals surface area contributed by atoms with E-state index in [9.17, 15) is 9.18 Å². The highest BCUT2D eigenvalue weighted by Crippen LogP contribution is 2.27. The summed E-state index contributed by atoms with van der Waals surface area (Å²) in [5.74, 6) is 0.171. The van der Waals surface area contributed by atoms with Gasteiger partial charge in [0.05, 0.1) is 11.8 Å². The van der Waals surface area contributed by atoms with Crippen molar-refractivity contribution in [2.45, 2.75) is 18.1 Å². The number of rotatable bonds is 8. The lowest BCUT2D eigenvalue weighted by atomic mass is 10.2. The largest absolute Gasteiger partial charge is 0.375 e. The van der Waals surface area contributed by atoms with E-state index in [0.717, 1.165) is 21.7 Å². The van der Waals surface area contributed by atoms with Crippen LogP contribution in [-0.2, 0) is 4.79 Å². The molecule has 1 aromatic heterocycles. The number of benzene rings is 3. The maximum atomic E-state index is 13.4. The van der Waals surface area contributed by atoms with E-state index in [2.05, 4.69) is 36.8 Å². The molecule has 33 heavy (non-hydrogen) atoms. The number of halogens is 2. The highest BCUT2D eigenvalue weighted by atomic mass is 79.9. The van der Waals surface area contributed by atoms with Gasteiger partial charge in [0.1, 0.15) is 5.82 Å². The van der Waals surface area contributed by atoms with Crippen molar-refractivity contribution in [3.63, 3.8) is 0 Å². The molecule has 1 atom stereocenters. The van der Waals surface area contributed by atoms with Crippen molar-refractivity contribution in [2.75, 3.05) is 16.4 Å². The van der Waals surface area contributed by atoms with Crippen LogP contribution >= 0.6 is 27.7 Å². The molecule has 0 radical (unpaired) electrons. The number of hydrogen-bond donors (Lipinski definition) is 2. The molecule has 0 aliphatic carbocycles. The van der Waals surface area contributed by atoms with E-state index in [4.69, 9.17) is 0 Å². The normalized spacial score (nSPS) is 11.7. The molecule has 3 aromatic carbocycles. The maximum absolute atomic E-state index is 13.4. The van der Waals surface area contributed by atoms with Crippen LogP contribution < -0.4 is 10.6 Å². The SMILES string of the molecule is CC(Nc1ccc(Br)cc1)c1nnc(SCC(=O)Nc2cccc(F)c2)n1-c1ccccc1. The Morgan fingerprint density at radius 3 is 2.52 bits per heavy atom. The van der Waals surface area contributed by atoms with Crippen LogP contribution in [0.5, 0.6) is 0 Å². The van der Waals surface area contributed by atoms with Gasteiger partial charge in [-0.05, 0) is 61.5 Å². The minimum atomic E-state index is -0.402. The average molecular weight is 526 g/mol. The van der Waals surface area contributed by atoms with Crippen LogP contribution in [0.3, 0.4) is 0 Å². The molecule has 6 nitrogen and oxygen atoms in total. The molecular formula is C24H21BrFN5OS. The fourth-order valence-corrected chi connectivity index (χ4v) is 4.25. The predicted molar refractivity (Wildman–Crippen MR) is 133 cm³/mol. The molecule has 168 valence electrons. The third-order valence-electron chi connectivity index (χ3n) is 4.73. The molecule has 0 saturated carbocycles. The number of hydrogen-bond acceptors (Lipinski definition) is 5. The lowest BCUT2D eigenvalue weighted by Crippen LogP contribution is -2.16. The first-order chi connectivity index (χ1) is 16.0. The molecule has 9 heteroatoms. The Balaban J connectivity index is 1.53. The van der Waals surface area contributed by atoms with Gasteiger partial charge in [-0.2, -0.15) is 0 Å². The van der Waals surface area contributed by atoms with Gasteiger partial charge in [0.25, 0.3) is 0 Å². The van der Waals surface area contributed by atoms with Gasteiger partial charge in [0.15, 0.2) is 11.0 Å². The van der Waals surface area contributed by atoms with Crippen molar-refractivity contribution in [1.82, 2.24) is 14.8 Å². The number of carbonyl (C=O) groups is 1. The fourth-order valence-electron chi connectivity index (χ4n) is 3.23. The summed E-state index contributed by atoms with van der Waals surface area (Å²) in [4.78, 5) is 12.4. The molecule has 0 fully saturated rings. The van der Waals surface area contributed by atoms with Crippen LogP contribution in [0.1, 0.15) is 18.8 Å². The molecule has 0 bridgehead atoms. The smallest absolute Gasteiger partial charge is 0.234 e. The highest BCUT2D eigenvalue weighted by molar-refractivity contribution is 9.10. The Hall–Kier alpha value is -3.17. The first-order valence-electron chi connectivity index (χ1n) is 10.2. The summed E-state index contributed by atoms with van der Waals surface area (Å²) in [5, 5.41) is 15.5. The molecule has 0 spiro atoms. The molecule has 2 N–H and O–H groups in total. The number of aromatic nitrogens is 3. The summed E-state index contributed by atoms with van der Waals surface area (Å²) < 4.78 is 16.3. The van der Waals surface area contributed by atoms with Gasteiger partial charge in [0.2, 0.25) is 5.91 Å². The van der Waals surface area contributed by atoms with Crippen LogP contribution in [0, 0.1) is 5.82 Å². The molecule has 1 amide bonds. The van der Waals surface area contributed by atoms with E-state index in [1.54, 1.807) is 12.1 Å².